The molecule has 1 aliphatic carbocycles. The van der Waals surface area contributed by atoms with Crippen molar-refractivity contribution in [2.24, 2.45) is 5.92 Å². The van der Waals surface area contributed by atoms with Gasteiger partial charge in [-0.25, -0.2) is 4.98 Å². The molecule has 0 bridgehead atoms. The summed E-state index contributed by atoms with van der Waals surface area (Å²) in [6.07, 6.45) is 13.3. The van der Waals surface area contributed by atoms with E-state index in [1.165, 1.54) is 16.7 Å². The third-order valence-electron chi connectivity index (χ3n) is 7.81. The van der Waals surface area contributed by atoms with Crippen LogP contribution in [0.25, 0.3) is 44.8 Å². The summed E-state index contributed by atoms with van der Waals surface area (Å²) >= 11 is 0. The SMILES string of the molecule is C=C(/C=C(\C=C(/C)c1ccccc1)c1ccc(-c2cc(-c3ccccc3)nc(-c3ccccc3)c2)cc1)C1=CCCC=C1.CC.CC.CC(C)C. The first-order valence-corrected chi connectivity index (χ1v) is 18.6. The van der Waals surface area contributed by atoms with Crippen molar-refractivity contribution in [2.75, 3.05) is 0 Å². The standard InChI is InChI=1S/C42H35N.C4H10.2C2H6/c1-31(33-15-7-3-8-16-33)27-39(28-32(2)34-17-9-4-10-18-34)35-23-25-36(26-24-35)40-29-41(37-19-11-5-12-20-37)43-42(30-40)38-21-13-6-14-22-38;1-4(2)3;2*1-2/h4-7,9-30H,1,3,8H2,2H3;4H,1-3H3;2*1-2H3/b32-28+,39-27+;;;. The summed E-state index contributed by atoms with van der Waals surface area (Å²) in [6.45, 7) is 21.1. The molecule has 0 unspecified atom stereocenters. The zero-order valence-corrected chi connectivity index (χ0v) is 32.2. The van der Waals surface area contributed by atoms with Crippen molar-refractivity contribution in [3.63, 3.8) is 0 Å². The summed E-state index contributed by atoms with van der Waals surface area (Å²) in [4.78, 5) is 5.05. The fraction of sp³-hybridized carbons (Fsp3) is 0.220. The van der Waals surface area contributed by atoms with Crippen LogP contribution in [0.3, 0.4) is 0 Å². The molecule has 0 amide bonds. The van der Waals surface area contributed by atoms with Crippen LogP contribution in [0.1, 0.15) is 79.4 Å². The third-order valence-corrected chi connectivity index (χ3v) is 7.81. The van der Waals surface area contributed by atoms with Gasteiger partial charge < -0.3 is 0 Å². The number of allylic oxidation sites excluding steroid dienone is 9. The fourth-order valence-electron chi connectivity index (χ4n) is 5.41. The van der Waals surface area contributed by atoms with Crippen molar-refractivity contribution >= 4 is 11.1 Å². The smallest absolute Gasteiger partial charge is 0.0715 e. The Balaban J connectivity index is 0.000000809. The van der Waals surface area contributed by atoms with E-state index in [4.69, 9.17) is 4.98 Å². The van der Waals surface area contributed by atoms with Gasteiger partial charge in [-0.15, -0.1) is 0 Å². The Morgan fingerprint density at radius 3 is 1.55 bits per heavy atom. The molecular formula is C50H57N. The molecule has 1 aromatic heterocycles. The van der Waals surface area contributed by atoms with Gasteiger partial charge >= 0.3 is 0 Å². The number of benzene rings is 4. The van der Waals surface area contributed by atoms with E-state index >= 15 is 0 Å². The quantitative estimate of drug-likeness (QED) is 0.150. The largest absolute Gasteiger partial charge is 0.248 e. The van der Waals surface area contributed by atoms with E-state index in [-0.39, 0.29) is 0 Å². The normalized spacial score (nSPS) is 12.3. The molecule has 1 heteroatoms. The van der Waals surface area contributed by atoms with Gasteiger partial charge in [-0.1, -0.05) is 195 Å². The van der Waals surface area contributed by atoms with Gasteiger partial charge in [0.05, 0.1) is 11.4 Å². The molecule has 0 aliphatic heterocycles. The van der Waals surface area contributed by atoms with Crippen LogP contribution < -0.4 is 0 Å². The van der Waals surface area contributed by atoms with E-state index < -0.39 is 0 Å². The number of aromatic nitrogens is 1. The van der Waals surface area contributed by atoms with E-state index in [1.807, 2.05) is 39.8 Å². The molecule has 1 heterocycles. The van der Waals surface area contributed by atoms with Crippen molar-refractivity contribution < 1.29 is 0 Å². The van der Waals surface area contributed by atoms with Gasteiger partial charge in [0.15, 0.2) is 0 Å². The maximum atomic E-state index is 5.05. The minimum Gasteiger partial charge on any atom is -0.248 e. The Bertz CT molecular complexity index is 1820. The lowest BCUT2D eigenvalue weighted by molar-refractivity contribution is 0.737. The van der Waals surface area contributed by atoms with Crippen molar-refractivity contribution in [3.05, 3.63) is 187 Å². The van der Waals surface area contributed by atoms with Crippen molar-refractivity contribution in [1.29, 1.82) is 0 Å². The van der Waals surface area contributed by atoms with Crippen LogP contribution in [-0.4, -0.2) is 4.98 Å². The zero-order chi connectivity index (χ0) is 37.0. The van der Waals surface area contributed by atoms with Gasteiger partial charge in [0.2, 0.25) is 0 Å². The molecule has 262 valence electrons. The summed E-state index contributed by atoms with van der Waals surface area (Å²) in [5, 5.41) is 0. The van der Waals surface area contributed by atoms with E-state index in [9.17, 15) is 0 Å². The molecule has 4 aromatic carbocycles. The van der Waals surface area contributed by atoms with Crippen molar-refractivity contribution in [2.45, 2.75) is 68.2 Å². The summed E-state index contributed by atoms with van der Waals surface area (Å²) in [7, 11) is 0. The monoisotopic (exact) mass is 671 g/mol. The van der Waals surface area contributed by atoms with Gasteiger partial charge in [0, 0.05) is 11.1 Å². The summed E-state index contributed by atoms with van der Waals surface area (Å²) in [5.74, 6) is 0.833. The molecule has 0 saturated heterocycles. The average molecular weight is 672 g/mol. The van der Waals surface area contributed by atoms with Crippen LogP contribution in [0.4, 0.5) is 0 Å². The van der Waals surface area contributed by atoms with Crippen LogP contribution in [0.5, 0.6) is 0 Å². The highest BCUT2D eigenvalue weighted by atomic mass is 14.7. The lowest BCUT2D eigenvalue weighted by Crippen LogP contribution is -1.92. The molecule has 0 spiro atoms. The molecule has 6 rings (SSSR count). The number of pyridine rings is 1. The highest BCUT2D eigenvalue weighted by molar-refractivity contribution is 5.86. The first kappa shape index (κ1) is 40.2. The van der Waals surface area contributed by atoms with Crippen molar-refractivity contribution in [3.8, 4) is 33.6 Å². The Kier molecular flexibility index (Phi) is 17.1. The molecule has 0 fully saturated rings. The molecular weight excluding hydrogens is 615 g/mol. The second kappa shape index (κ2) is 21.7. The number of hydrogen-bond acceptors (Lipinski definition) is 1. The first-order chi connectivity index (χ1) is 24.9. The van der Waals surface area contributed by atoms with Crippen LogP contribution in [-0.2, 0) is 0 Å². The molecule has 51 heavy (non-hydrogen) atoms. The molecule has 1 aliphatic rings. The summed E-state index contributed by atoms with van der Waals surface area (Å²) < 4.78 is 0. The number of nitrogens with zero attached hydrogens (tertiary/aromatic N) is 1. The van der Waals surface area contributed by atoms with E-state index in [0.29, 0.717) is 0 Å². The molecule has 5 aromatic rings. The Hall–Kier alpha value is -5.27. The lowest BCUT2D eigenvalue weighted by atomic mass is 9.93. The first-order valence-electron chi connectivity index (χ1n) is 18.6. The number of hydrogen-bond donors (Lipinski definition) is 0. The highest BCUT2D eigenvalue weighted by Crippen LogP contribution is 2.32. The third kappa shape index (κ3) is 12.5. The highest BCUT2D eigenvalue weighted by Gasteiger charge is 2.11. The number of rotatable bonds is 8. The van der Waals surface area contributed by atoms with Crippen LogP contribution >= 0.6 is 0 Å². The van der Waals surface area contributed by atoms with E-state index in [2.05, 4.69) is 180 Å². The van der Waals surface area contributed by atoms with Crippen LogP contribution in [0, 0.1) is 5.92 Å². The summed E-state index contributed by atoms with van der Waals surface area (Å²) in [6, 6.07) is 44.6. The van der Waals surface area contributed by atoms with Gasteiger partial charge in [0.25, 0.3) is 0 Å². The average Bonchev–Trinajstić information content (AvgIpc) is 3.20. The maximum Gasteiger partial charge on any atom is 0.0715 e. The fourth-order valence-corrected chi connectivity index (χ4v) is 5.41. The minimum atomic E-state index is 0.833. The van der Waals surface area contributed by atoms with Gasteiger partial charge in [-0.3, -0.25) is 0 Å². The minimum absolute atomic E-state index is 0.833. The second-order valence-corrected chi connectivity index (χ2v) is 12.6. The Labute approximate surface area is 309 Å². The van der Waals surface area contributed by atoms with Gasteiger partial charge in [0.1, 0.15) is 0 Å². The molecule has 0 atom stereocenters. The van der Waals surface area contributed by atoms with Crippen LogP contribution in [0.15, 0.2) is 175 Å². The molecule has 0 saturated carbocycles. The predicted molar refractivity (Wildman–Crippen MR) is 227 cm³/mol. The zero-order valence-electron chi connectivity index (χ0n) is 32.2. The second-order valence-electron chi connectivity index (χ2n) is 12.6. The summed E-state index contributed by atoms with van der Waals surface area (Å²) in [5.41, 5.74) is 13.4. The topological polar surface area (TPSA) is 12.9 Å². The Morgan fingerprint density at radius 2 is 1.08 bits per heavy atom. The van der Waals surface area contributed by atoms with E-state index in [1.54, 1.807) is 0 Å². The maximum absolute atomic E-state index is 5.05. The molecule has 0 N–H and O–H groups in total. The van der Waals surface area contributed by atoms with E-state index in [0.717, 1.165) is 69.1 Å². The molecule has 0 radical (unpaired) electrons. The van der Waals surface area contributed by atoms with Crippen LogP contribution in [0.2, 0.25) is 0 Å². The lowest BCUT2D eigenvalue weighted by Gasteiger charge is -2.13. The van der Waals surface area contributed by atoms with Crippen molar-refractivity contribution in [1.82, 2.24) is 4.98 Å². The molecule has 1 nitrogen and oxygen atoms in total. The Morgan fingerprint density at radius 1 is 0.588 bits per heavy atom. The van der Waals surface area contributed by atoms with Gasteiger partial charge in [-0.2, -0.15) is 0 Å². The predicted octanol–water partition coefficient (Wildman–Crippen LogP) is 15.1. The van der Waals surface area contributed by atoms with Gasteiger partial charge in [-0.05, 0) is 88.4 Å².